The van der Waals surface area contributed by atoms with E-state index in [2.05, 4.69) is 22.0 Å². The Balaban J connectivity index is 1.78. The molecule has 0 aliphatic carbocycles. The van der Waals surface area contributed by atoms with Gasteiger partial charge in [0, 0.05) is 15.1 Å². The minimum Gasteiger partial charge on any atom is -0.487 e. The molecule has 0 fully saturated rings. The molecule has 3 aromatic carbocycles. The van der Waals surface area contributed by atoms with Crippen molar-refractivity contribution >= 4 is 50.8 Å². The zero-order valence-electron chi connectivity index (χ0n) is 14.1. The van der Waals surface area contributed by atoms with Crippen LogP contribution in [0.1, 0.15) is 16.7 Å². The van der Waals surface area contributed by atoms with Crippen LogP contribution < -0.4 is 4.74 Å². The summed E-state index contributed by atoms with van der Waals surface area (Å²) in [6.07, 6.45) is 1.80. The highest BCUT2D eigenvalue weighted by molar-refractivity contribution is 9.10. The van der Waals surface area contributed by atoms with E-state index in [9.17, 15) is 5.26 Å². The van der Waals surface area contributed by atoms with Gasteiger partial charge in [0.05, 0.1) is 16.7 Å². The predicted octanol–water partition coefficient (Wildman–Crippen LogP) is 7.40. The van der Waals surface area contributed by atoms with E-state index in [0.717, 1.165) is 21.2 Å². The number of benzene rings is 3. The van der Waals surface area contributed by atoms with Crippen LogP contribution in [0.5, 0.6) is 5.75 Å². The molecule has 0 bridgehead atoms. The van der Waals surface area contributed by atoms with Gasteiger partial charge in [-0.25, -0.2) is 0 Å². The van der Waals surface area contributed by atoms with Gasteiger partial charge in [0.25, 0.3) is 0 Å². The summed E-state index contributed by atoms with van der Waals surface area (Å²) in [5.74, 6) is 0.566. The summed E-state index contributed by atoms with van der Waals surface area (Å²) in [5, 5.41) is 10.6. The van der Waals surface area contributed by atoms with E-state index < -0.39 is 0 Å². The molecule has 0 radical (unpaired) electrons. The monoisotopic (exact) mass is 457 g/mol. The summed E-state index contributed by atoms with van der Waals surface area (Å²) in [7, 11) is 0. The smallest absolute Gasteiger partial charge is 0.138 e. The second-order valence-electron chi connectivity index (χ2n) is 5.75. The number of hydrogen-bond acceptors (Lipinski definition) is 2. The van der Waals surface area contributed by atoms with Crippen molar-refractivity contribution in [3.05, 3.63) is 97.9 Å². The molecule has 3 aromatic rings. The lowest BCUT2D eigenvalue weighted by atomic mass is 10.0. The van der Waals surface area contributed by atoms with Gasteiger partial charge in [0.2, 0.25) is 0 Å². The molecule has 134 valence electrons. The highest BCUT2D eigenvalue weighted by Crippen LogP contribution is 2.29. The largest absolute Gasteiger partial charge is 0.487 e. The number of allylic oxidation sites excluding steroid dienone is 1. The van der Waals surface area contributed by atoms with Crippen LogP contribution >= 0.6 is 39.1 Å². The van der Waals surface area contributed by atoms with E-state index in [-0.39, 0.29) is 0 Å². The van der Waals surface area contributed by atoms with Crippen LogP contribution in [0.4, 0.5) is 0 Å². The van der Waals surface area contributed by atoms with Gasteiger partial charge in [-0.3, -0.25) is 0 Å². The van der Waals surface area contributed by atoms with Crippen molar-refractivity contribution < 1.29 is 4.74 Å². The molecule has 0 atom stereocenters. The van der Waals surface area contributed by atoms with Crippen molar-refractivity contribution in [3.8, 4) is 11.8 Å². The van der Waals surface area contributed by atoms with Crippen molar-refractivity contribution in [3.63, 3.8) is 0 Å². The van der Waals surface area contributed by atoms with Crippen LogP contribution in [0.2, 0.25) is 10.0 Å². The average Bonchev–Trinajstić information content (AvgIpc) is 2.67. The number of halogens is 3. The summed E-state index contributed by atoms with van der Waals surface area (Å²) >= 11 is 15.9. The highest BCUT2D eigenvalue weighted by atomic mass is 79.9. The third-order valence-electron chi connectivity index (χ3n) is 3.88. The fourth-order valence-corrected chi connectivity index (χ4v) is 3.17. The quantitative estimate of drug-likeness (QED) is 0.294. The molecule has 27 heavy (non-hydrogen) atoms. The number of hydrogen-bond donors (Lipinski definition) is 0. The molecular weight excluding hydrogens is 445 g/mol. The molecule has 2 nitrogen and oxygen atoms in total. The molecule has 0 N–H and O–H groups in total. The summed E-state index contributed by atoms with van der Waals surface area (Å²) in [6, 6.07) is 22.8. The zero-order valence-corrected chi connectivity index (χ0v) is 17.2. The summed E-state index contributed by atoms with van der Waals surface area (Å²) in [6.45, 7) is 0.330. The van der Waals surface area contributed by atoms with Gasteiger partial charge in [-0.05, 0) is 47.5 Å². The lowest BCUT2D eigenvalue weighted by Crippen LogP contribution is -1.96. The Hall–Kier alpha value is -2.25. The van der Waals surface area contributed by atoms with Gasteiger partial charge in [-0.2, -0.15) is 5.26 Å². The second-order valence-corrected chi connectivity index (χ2v) is 7.48. The van der Waals surface area contributed by atoms with E-state index in [1.54, 1.807) is 18.2 Å². The molecule has 5 heteroatoms. The Morgan fingerprint density at radius 2 is 1.74 bits per heavy atom. The zero-order chi connectivity index (χ0) is 19.2. The molecule has 0 unspecified atom stereocenters. The number of nitriles is 1. The van der Waals surface area contributed by atoms with Crippen LogP contribution in [0.3, 0.4) is 0 Å². The topological polar surface area (TPSA) is 33.0 Å². The number of rotatable bonds is 5. The van der Waals surface area contributed by atoms with Crippen molar-refractivity contribution in [2.75, 3.05) is 0 Å². The first-order valence-corrected chi connectivity index (χ1v) is 9.65. The number of ether oxygens (including phenoxy) is 1. The maximum absolute atomic E-state index is 9.47. The van der Waals surface area contributed by atoms with Crippen LogP contribution in [-0.2, 0) is 6.61 Å². The standard InChI is InChI=1S/C22H14BrCl2NO/c23-19-8-6-16(7-9-19)18(13-26)11-15-5-10-22(21(25)12-15)27-14-17-3-1-2-4-20(17)24/h1-12H,14H2/b18-11+. The first-order chi connectivity index (χ1) is 13.1. The van der Waals surface area contributed by atoms with Gasteiger partial charge in [-0.15, -0.1) is 0 Å². The lowest BCUT2D eigenvalue weighted by molar-refractivity contribution is 0.306. The van der Waals surface area contributed by atoms with Gasteiger partial charge >= 0.3 is 0 Å². The van der Waals surface area contributed by atoms with Gasteiger partial charge in [0.15, 0.2) is 0 Å². The molecule has 3 rings (SSSR count). The molecule has 0 heterocycles. The Morgan fingerprint density at radius 1 is 1.00 bits per heavy atom. The van der Waals surface area contributed by atoms with Gasteiger partial charge < -0.3 is 4.74 Å². The lowest BCUT2D eigenvalue weighted by Gasteiger charge is -2.10. The van der Waals surface area contributed by atoms with Crippen molar-refractivity contribution in [1.29, 1.82) is 5.26 Å². The van der Waals surface area contributed by atoms with E-state index in [1.165, 1.54) is 0 Å². The maximum atomic E-state index is 9.47. The fraction of sp³-hybridized carbons (Fsp3) is 0.0455. The Kier molecular flexibility index (Phi) is 6.58. The molecular formula is C22H14BrCl2NO. The van der Waals surface area contributed by atoms with Crippen LogP contribution in [0, 0.1) is 11.3 Å². The van der Waals surface area contributed by atoms with Crippen LogP contribution in [0.25, 0.3) is 11.6 Å². The summed E-state index contributed by atoms with van der Waals surface area (Å²) in [5.41, 5.74) is 3.12. The van der Waals surface area contributed by atoms with Crippen LogP contribution in [0.15, 0.2) is 71.2 Å². The SMILES string of the molecule is N#C/C(=C\c1ccc(OCc2ccccc2Cl)c(Cl)c1)c1ccc(Br)cc1. The molecule has 0 aromatic heterocycles. The second kappa shape index (κ2) is 9.10. The predicted molar refractivity (Wildman–Crippen MR) is 115 cm³/mol. The normalized spacial score (nSPS) is 11.1. The van der Waals surface area contributed by atoms with E-state index in [0.29, 0.717) is 28.0 Å². The minimum absolute atomic E-state index is 0.330. The average molecular weight is 459 g/mol. The molecule has 0 spiro atoms. The Morgan fingerprint density at radius 3 is 2.41 bits per heavy atom. The van der Waals surface area contributed by atoms with E-state index in [4.69, 9.17) is 27.9 Å². The Bertz CT molecular complexity index is 1020. The van der Waals surface area contributed by atoms with Gasteiger partial charge in [0.1, 0.15) is 12.4 Å². The minimum atomic E-state index is 0.330. The van der Waals surface area contributed by atoms with Crippen molar-refractivity contribution in [1.82, 2.24) is 0 Å². The number of nitrogens with zero attached hydrogens (tertiary/aromatic N) is 1. The molecule has 0 amide bonds. The van der Waals surface area contributed by atoms with E-state index in [1.807, 2.05) is 54.6 Å². The highest BCUT2D eigenvalue weighted by Gasteiger charge is 2.07. The molecule has 0 aliphatic rings. The molecule has 0 saturated carbocycles. The Labute approximate surface area is 176 Å². The first-order valence-electron chi connectivity index (χ1n) is 8.10. The van der Waals surface area contributed by atoms with Crippen molar-refractivity contribution in [2.24, 2.45) is 0 Å². The molecule has 0 saturated heterocycles. The fourth-order valence-electron chi connectivity index (χ4n) is 2.47. The van der Waals surface area contributed by atoms with Crippen LogP contribution in [-0.4, -0.2) is 0 Å². The van der Waals surface area contributed by atoms with Crippen molar-refractivity contribution in [2.45, 2.75) is 6.61 Å². The molecule has 0 aliphatic heterocycles. The van der Waals surface area contributed by atoms with E-state index >= 15 is 0 Å². The maximum Gasteiger partial charge on any atom is 0.138 e. The van der Waals surface area contributed by atoms with Gasteiger partial charge in [-0.1, -0.05) is 75.5 Å². The third kappa shape index (κ3) is 5.14. The summed E-state index contributed by atoms with van der Waals surface area (Å²) in [4.78, 5) is 0. The first kappa shape index (κ1) is 19.5. The third-order valence-corrected chi connectivity index (χ3v) is 5.08. The summed E-state index contributed by atoms with van der Waals surface area (Å²) < 4.78 is 6.74.